The minimum Gasteiger partial charge on any atom is -0.444 e. The van der Waals surface area contributed by atoms with Crippen LogP contribution in [0.3, 0.4) is 0 Å². The summed E-state index contributed by atoms with van der Waals surface area (Å²) < 4.78 is 5.32. The lowest BCUT2D eigenvalue weighted by Gasteiger charge is -2.30. The predicted molar refractivity (Wildman–Crippen MR) is 73.7 cm³/mol. The average molecular weight is 256 g/mol. The van der Waals surface area contributed by atoms with E-state index in [1.165, 1.54) is 19.3 Å². The number of carbonyl (C=O) groups excluding carboxylic acids is 1. The lowest BCUT2D eigenvalue weighted by Crippen LogP contribution is -2.42. The summed E-state index contributed by atoms with van der Waals surface area (Å²) in [5.74, 6) is 0.447. The van der Waals surface area contributed by atoms with Crippen LogP contribution in [-0.4, -0.2) is 42.8 Å². The smallest absolute Gasteiger partial charge is 0.410 e. The van der Waals surface area contributed by atoms with E-state index >= 15 is 0 Å². The molecular formula is C14H28N2O2. The summed E-state index contributed by atoms with van der Waals surface area (Å²) in [6.45, 7) is 9.53. The Labute approximate surface area is 111 Å². The zero-order valence-electron chi connectivity index (χ0n) is 12.5. The molecule has 1 aliphatic carbocycles. The first-order valence-corrected chi connectivity index (χ1v) is 6.95. The maximum Gasteiger partial charge on any atom is 0.410 e. The molecule has 106 valence electrons. The van der Waals surface area contributed by atoms with Gasteiger partial charge in [0.1, 0.15) is 5.60 Å². The lowest BCUT2D eigenvalue weighted by molar-refractivity contribution is 0.0276. The molecule has 1 atom stereocenters. The third kappa shape index (κ3) is 5.71. The Bertz CT molecular complexity index is 269. The van der Waals surface area contributed by atoms with Gasteiger partial charge >= 0.3 is 6.09 Å². The molecule has 0 aromatic heterocycles. The summed E-state index contributed by atoms with van der Waals surface area (Å²) in [5, 5.41) is 3.53. The standard InChI is InChI=1S/C14H28N2O2/c1-11(9-15-12-7-6-8-12)10-16(5)13(17)18-14(2,3)4/h11-12,15H,6-10H2,1-5H3. The second-order valence-electron chi connectivity index (χ2n) is 6.50. The van der Waals surface area contributed by atoms with Gasteiger partial charge in [-0.05, 0) is 46.1 Å². The van der Waals surface area contributed by atoms with Crippen LogP contribution in [0.5, 0.6) is 0 Å². The van der Waals surface area contributed by atoms with E-state index in [2.05, 4.69) is 12.2 Å². The maximum absolute atomic E-state index is 11.8. The van der Waals surface area contributed by atoms with E-state index < -0.39 is 5.60 Å². The van der Waals surface area contributed by atoms with Crippen LogP contribution in [0, 0.1) is 5.92 Å². The molecule has 0 heterocycles. The van der Waals surface area contributed by atoms with Crippen LogP contribution in [-0.2, 0) is 4.74 Å². The van der Waals surface area contributed by atoms with Crippen molar-refractivity contribution in [1.82, 2.24) is 10.2 Å². The molecule has 4 heteroatoms. The van der Waals surface area contributed by atoms with Gasteiger partial charge < -0.3 is 15.0 Å². The number of carbonyl (C=O) groups is 1. The van der Waals surface area contributed by atoms with Gasteiger partial charge in [-0.2, -0.15) is 0 Å². The number of rotatable bonds is 5. The first kappa shape index (κ1) is 15.3. The third-order valence-electron chi connectivity index (χ3n) is 3.15. The van der Waals surface area contributed by atoms with Crippen molar-refractivity contribution in [2.45, 2.75) is 58.6 Å². The van der Waals surface area contributed by atoms with Gasteiger partial charge in [0.25, 0.3) is 0 Å². The highest BCUT2D eigenvalue weighted by molar-refractivity contribution is 5.67. The van der Waals surface area contributed by atoms with Gasteiger partial charge in [0, 0.05) is 19.6 Å². The molecule has 1 amide bonds. The van der Waals surface area contributed by atoms with Gasteiger partial charge in [-0.25, -0.2) is 4.79 Å². The number of hydrogen-bond acceptors (Lipinski definition) is 3. The molecule has 1 aliphatic rings. The average Bonchev–Trinajstić information content (AvgIpc) is 2.12. The van der Waals surface area contributed by atoms with Crippen LogP contribution in [0.4, 0.5) is 4.79 Å². The highest BCUT2D eigenvalue weighted by atomic mass is 16.6. The van der Waals surface area contributed by atoms with Crippen LogP contribution in [0.25, 0.3) is 0 Å². The molecule has 1 N–H and O–H groups in total. The molecule has 0 saturated heterocycles. The van der Waals surface area contributed by atoms with Gasteiger partial charge in [0.2, 0.25) is 0 Å². The number of nitrogens with one attached hydrogen (secondary N) is 1. The van der Waals surface area contributed by atoms with Crippen LogP contribution in [0.1, 0.15) is 47.0 Å². The molecule has 0 aliphatic heterocycles. The van der Waals surface area contributed by atoms with Crippen molar-refractivity contribution in [2.75, 3.05) is 20.1 Å². The van der Waals surface area contributed by atoms with Crippen LogP contribution in [0.2, 0.25) is 0 Å². The third-order valence-corrected chi connectivity index (χ3v) is 3.15. The number of amides is 1. The normalized spacial score (nSPS) is 18.1. The van der Waals surface area contributed by atoms with E-state index in [-0.39, 0.29) is 6.09 Å². The monoisotopic (exact) mass is 256 g/mol. The number of ether oxygens (including phenoxy) is 1. The maximum atomic E-state index is 11.8. The number of nitrogens with zero attached hydrogens (tertiary/aromatic N) is 1. The summed E-state index contributed by atoms with van der Waals surface area (Å²) in [4.78, 5) is 13.4. The molecular weight excluding hydrogens is 228 g/mol. The Balaban J connectivity index is 2.20. The van der Waals surface area contributed by atoms with Crippen LogP contribution < -0.4 is 5.32 Å². The second-order valence-corrected chi connectivity index (χ2v) is 6.50. The fourth-order valence-electron chi connectivity index (χ4n) is 1.93. The molecule has 0 aromatic carbocycles. The van der Waals surface area contributed by atoms with Gasteiger partial charge in [0.05, 0.1) is 0 Å². The SMILES string of the molecule is CC(CNC1CCC1)CN(C)C(=O)OC(C)(C)C. The molecule has 1 fully saturated rings. The minimum absolute atomic E-state index is 0.238. The molecule has 1 unspecified atom stereocenters. The van der Waals surface area contributed by atoms with Crippen LogP contribution in [0.15, 0.2) is 0 Å². The number of hydrogen-bond donors (Lipinski definition) is 1. The van der Waals surface area contributed by atoms with Gasteiger partial charge in [-0.1, -0.05) is 13.3 Å². The minimum atomic E-state index is -0.418. The summed E-state index contributed by atoms with van der Waals surface area (Å²) in [7, 11) is 1.80. The van der Waals surface area contributed by atoms with Crippen molar-refractivity contribution >= 4 is 6.09 Å². The fraction of sp³-hybridized carbons (Fsp3) is 0.929. The van der Waals surface area contributed by atoms with E-state index in [0.29, 0.717) is 12.0 Å². The van der Waals surface area contributed by atoms with E-state index in [1.54, 1.807) is 11.9 Å². The Morgan fingerprint density at radius 1 is 1.44 bits per heavy atom. The molecule has 0 aromatic rings. The van der Waals surface area contributed by atoms with Crippen molar-refractivity contribution < 1.29 is 9.53 Å². The first-order chi connectivity index (χ1) is 8.28. The highest BCUT2D eigenvalue weighted by Gasteiger charge is 2.21. The highest BCUT2D eigenvalue weighted by Crippen LogP contribution is 2.18. The Hall–Kier alpha value is -0.770. The topological polar surface area (TPSA) is 41.6 Å². The zero-order valence-corrected chi connectivity index (χ0v) is 12.5. The van der Waals surface area contributed by atoms with Gasteiger partial charge in [-0.3, -0.25) is 0 Å². The molecule has 4 nitrogen and oxygen atoms in total. The summed E-state index contributed by atoms with van der Waals surface area (Å²) in [5.41, 5.74) is -0.418. The largest absolute Gasteiger partial charge is 0.444 e. The summed E-state index contributed by atoms with van der Waals surface area (Å²) in [6.07, 6.45) is 3.71. The van der Waals surface area contributed by atoms with Crippen molar-refractivity contribution in [1.29, 1.82) is 0 Å². The van der Waals surface area contributed by atoms with Crippen LogP contribution >= 0.6 is 0 Å². The molecule has 18 heavy (non-hydrogen) atoms. The Kier molecular flexibility index (Phi) is 5.45. The van der Waals surface area contributed by atoms with Crippen molar-refractivity contribution in [2.24, 2.45) is 5.92 Å². The molecule has 0 spiro atoms. The summed E-state index contributed by atoms with van der Waals surface area (Å²) in [6, 6.07) is 0.708. The Morgan fingerprint density at radius 2 is 2.06 bits per heavy atom. The Morgan fingerprint density at radius 3 is 2.50 bits per heavy atom. The van der Waals surface area contributed by atoms with Crippen molar-refractivity contribution in [3.8, 4) is 0 Å². The van der Waals surface area contributed by atoms with Crippen molar-refractivity contribution in [3.05, 3.63) is 0 Å². The fourth-order valence-corrected chi connectivity index (χ4v) is 1.93. The quantitative estimate of drug-likeness (QED) is 0.822. The van der Waals surface area contributed by atoms with E-state index in [9.17, 15) is 4.79 Å². The first-order valence-electron chi connectivity index (χ1n) is 6.95. The summed E-state index contributed by atoms with van der Waals surface area (Å²) >= 11 is 0. The molecule has 1 saturated carbocycles. The molecule has 0 bridgehead atoms. The molecule has 0 radical (unpaired) electrons. The van der Waals surface area contributed by atoms with Crippen molar-refractivity contribution in [3.63, 3.8) is 0 Å². The van der Waals surface area contributed by atoms with E-state index in [0.717, 1.165) is 13.1 Å². The van der Waals surface area contributed by atoms with E-state index in [1.807, 2.05) is 20.8 Å². The van der Waals surface area contributed by atoms with Gasteiger partial charge in [-0.15, -0.1) is 0 Å². The zero-order chi connectivity index (χ0) is 13.8. The van der Waals surface area contributed by atoms with E-state index in [4.69, 9.17) is 4.74 Å². The second kappa shape index (κ2) is 6.41. The van der Waals surface area contributed by atoms with Gasteiger partial charge in [0.15, 0.2) is 0 Å². The lowest BCUT2D eigenvalue weighted by atomic mass is 9.93. The molecule has 1 rings (SSSR count). The predicted octanol–water partition coefficient (Wildman–Crippen LogP) is 2.63.